The van der Waals surface area contributed by atoms with Gasteiger partial charge in [-0.15, -0.1) is 0 Å². The predicted molar refractivity (Wildman–Crippen MR) is 98.3 cm³/mol. The van der Waals surface area contributed by atoms with Crippen LogP contribution in [0.1, 0.15) is 30.6 Å². The maximum Gasteiger partial charge on any atom is 0.337 e. The zero-order valence-electron chi connectivity index (χ0n) is 15.0. The van der Waals surface area contributed by atoms with Gasteiger partial charge in [-0.05, 0) is 37.0 Å². The fraction of sp³-hybridized carbons (Fsp3) is 0.381. The van der Waals surface area contributed by atoms with Gasteiger partial charge in [0.25, 0.3) is 0 Å². The summed E-state index contributed by atoms with van der Waals surface area (Å²) in [4.78, 5) is 18.3. The molecule has 0 amide bonds. The van der Waals surface area contributed by atoms with Gasteiger partial charge in [-0.2, -0.15) is 0 Å². The number of hydrogen-bond donors (Lipinski definition) is 1. The molecule has 0 bridgehead atoms. The highest BCUT2D eigenvalue weighted by Gasteiger charge is 2.42. The van der Waals surface area contributed by atoms with Crippen LogP contribution in [0.15, 0.2) is 47.9 Å². The molecule has 3 atom stereocenters. The summed E-state index contributed by atoms with van der Waals surface area (Å²) in [6, 6.07) is 8.75. The van der Waals surface area contributed by atoms with Crippen LogP contribution in [0.2, 0.25) is 0 Å². The summed E-state index contributed by atoms with van der Waals surface area (Å²) >= 11 is 0. The van der Waals surface area contributed by atoms with Crippen molar-refractivity contribution >= 4 is 16.9 Å². The first kappa shape index (κ1) is 15.6. The molecule has 5 heteroatoms. The molecule has 0 saturated carbocycles. The summed E-state index contributed by atoms with van der Waals surface area (Å²) in [7, 11) is 1.43. The van der Waals surface area contributed by atoms with Crippen LogP contribution in [-0.4, -0.2) is 35.6 Å². The van der Waals surface area contributed by atoms with Crippen molar-refractivity contribution in [3.05, 3.63) is 59.1 Å². The minimum absolute atomic E-state index is 0.0153. The van der Waals surface area contributed by atoms with Crippen molar-refractivity contribution in [3.63, 3.8) is 0 Å². The Bertz CT molecular complexity index is 955. The number of carbonyl (C=O) groups is 1. The minimum Gasteiger partial charge on any atom is -0.493 e. The summed E-state index contributed by atoms with van der Waals surface area (Å²) < 4.78 is 10.7. The molecule has 0 unspecified atom stereocenters. The highest BCUT2D eigenvalue weighted by molar-refractivity contribution is 5.90. The van der Waals surface area contributed by atoms with E-state index in [1.54, 1.807) is 6.26 Å². The Morgan fingerprint density at radius 1 is 1.35 bits per heavy atom. The smallest absolute Gasteiger partial charge is 0.337 e. The Hall–Kier alpha value is -2.69. The molecule has 1 aromatic carbocycles. The number of H-pyrrole nitrogens is 1. The van der Waals surface area contributed by atoms with Gasteiger partial charge in [0.1, 0.15) is 6.10 Å². The molecule has 0 fully saturated rings. The Balaban J connectivity index is 1.60. The van der Waals surface area contributed by atoms with Crippen molar-refractivity contribution in [3.8, 4) is 0 Å². The van der Waals surface area contributed by atoms with Crippen LogP contribution in [-0.2, 0) is 20.7 Å². The largest absolute Gasteiger partial charge is 0.493 e. The van der Waals surface area contributed by atoms with Crippen LogP contribution in [0.25, 0.3) is 10.9 Å². The van der Waals surface area contributed by atoms with Crippen LogP contribution in [0, 0.1) is 5.92 Å². The van der Waals surface area contributed by atoms with Crippen LogP contribution >= 0.6 is 0 Å². The number of methoxy groups -OCH3 is 1. The number of para-hydroxylation sites is 1. The third-order valence-corrected chi connectivity index (χ3v) is 6.04. The summed E-state index contributed by atoms with van der Waals surface area (Å²) in [6.45, 7) is 3.03. The number of fused-ring (bicyclic) bond motifs is 6. The molecular weight excluding hydrogens is 328 g/mol. The topological polar surface area (TPSA) is 54.6 Å². The third-order valence-electron chi connectivity index (χ3n) is 6.04. The highest BCUT2D eigenvalue weighted by atomic mass is 16.5. The summed E-state index contributed by atoms with van der Waals surface area (Å²) in [5.74, 6) is -0.251. The number of aromatic amines is 1. The molecule has 0 spiro atoms. The van der Waals surface area contributed by atoms with Gasteiger partial charge in [-0.1, -0.05) is 18.2 Å². The van der Waals surface area contributed by atoms with E-state index in [-0.39, 0.29) is 24.0 Å². The van der Waals surface area contributed by atoms with E-state index in [0.29, 0.717) is 5.57 Å². The van der Waals surface area contributed by atoms with E-state index in [9.17, 15) is 4.79 Å². The van der Waals surface area contributed by atoms with Crippen molar-refractivity contribution in [1.29, 1.82) is 0 Å². The molecule has 2 aromatic rings. The number of rotatable bonds is 1. The second kappa shape index (κ2) is 5.66. The normalized spacial score (nSPS) is 26.8. The van der Waals surface area contributed by atoms with E-state index in [1.807, 2.05) is 6.92 Å². The van der Waals surface area contributed by atoms with Gasteiger partial charge in [0.2, 0.25) is 0 Å². The Morgan fingerprint density at radius 3 is 3.04 bits per heavy atom. The Labute approximate surface area is 152 Å². The lowest BCUT2D eigenvalue weighted by molar-refractivity contribution is -0.137. The zero-order chi connectivity index (χ0) is 17.8. The molecular formula is C21H22N2O3. The van der Waals surface area contributed by atoms with Crippen molar-refractivity contribution in [2.75, 3.05) is 13.7 Å². The Morgan fingerprint density at radius 2 is 2.19 bits per heavy atom. The van der Waals surface area contributed by atoms with Crippen LogP contribution < -0.4 is 0 Å². The summed E-state index contributed by atoms with van der Waals surface area (Å²) in [6.07, 6.45) is 5.69. The van der Waals surface area contributed by atoms with Gasteiger partial charge in [0.15, 0.2) is 0 Å². The number of carbonyl (C=O) groups excluding carboxylic acids is 1. The fourth-order valence-corrected chi connectivity index (χ4v) is 4.72. The lowest BCUT2D eigenvalue weighted by Gasteiger charge is -2.44. The number of ether oxygens (including phenoxy) is 2. The molecule has 4 heterocycles. The zero-order valence-corrected chi connectivity index (χ0v) is 15.0. The number of nitrogens with zero attached hydrogens (tertiary/aromatic N) is 1. The number of esters is 1. The molecule has 0 saturated heterocycles. The van der Waals surface area contributed by atoms with Crippen molar-refractivity contribution in [2.45, 2.75) is 31.9 Å². The van der Waals surface area contributed by atoms with E-state index >= 15 is 0 Å². The molecule has 0 aliphatic carbocycles. The molecule has 5 rings (SSSR count). The SMILES string of the molecule is COC(=O)C1=CO[C@@H](C)C2=CN3CCc4c([nH]c5ccccc45)[C@@H]3C[C@H]12. The number of hydrogen-bond acceptors (Lipinski definition) is 4. The average molecular weight is 350 g/mol. The standard InChI is InChI=1S/C21H22N2O3/c1-12-16-10-23-8-7-14-13-5-3-4-6-18(13)22-20(14)19(23)9-15(16)17(11-26-12)21(24)25-2/h3-6,10-12,15,19,22H,7-9H2,1-2H3/t12-,15-,19-/m0/s1. The molecule has 26 heavy (non-hydrogen) atoms. The molecule has 0 radical (unpaired) electrons. The van der Waals surface area contributed by atoms with E-state index < -0.39 is 0 Å². The van der Waals surface area contributed by atoms with Crippen molar-refractivity contribution < 1.29 is 14.3 Å². The van der Waals surface area contributed by atoms with E-state index in [1.165, 1.54) is 34.8 Å². The molecule has 5 nitrogen and oxygen atoms in total. The van der Waals surface area contributed by atoms with Crippen LogP contribution in [0.3, 0.4) is 0 Å². The number of aromatic nitrogens is 1. The summed E-state index contributed by atoms with van der Waals surface area (Å²) in [5, 5.41) is 1.32. The van der Waals surface area contributed by atoms with Gasteiger partial charge < -0.3 is 19.4 Å². The van der Waals surface area contributed by atoms with Gasteiger partial charge in [0.05, 0.1) is 25.0 Å². The maximum atomic E-state index is 12.3. The molecule has 3 aliphatic rings. The second-order valence-electron chi connectivity index (χ2n) is 7.33. The maximum absolute atomic E-state index is 12.3. The summed E-state index contributed by atoms with van der Waals surface area (Å²) in [5.41, 5.74) is 5.69. The molecule has 1 N–H and O–H groups in total. The van der Waals surface area contributed by atoms with Gasteiger partial charge in [-0.3, -0.25) is 0 Å². The first-order valence-electron chi connectivity index (χ1n) is 9.18. The van der Waals surface area contributed by atoms with Gasteiger partial charge >= 0.3 is 5.97 Å². The average Bonchev–Trinajstić information content (AvgIpc) is 3.06. The van der Waals surface area contributed by atoms with Gasteiger partial charge in [0, 0.05) is 35.3 Å². The molecule has 134 valence electrons. The number of benzene rings is 1. The quantitative estimate of drug-likeness (QED) is 0.801. The van der Waals surface area contributed by atoms with Gasteiger partial charge in [-0.25, -0.2) is 4.79 Å². The third kappa shape index (κ3) is 2.13. The Kier molecular flexibility index (Phi) is 3.39. The predicted octanol–water partition coefficient (Wildman–Crippen LogP) is 3.45. The van der Waals surface area contributed by atoms with E-state index in [0.717, 1.165) is 19.4 Å². The van der Waals surface area contributed by atoms with E-state index in [4.69, 9.17) is 9.47 Å². The van der Waals surface area contributed by atoms with Crippen LogP contribution in [0.4, 0.5) is 0 Å². The first-order valence-corrected chi connectivity index (χ1v) is 9.18. The highest BCUT2D eigenvalue weighted by Crippen LogP contribution is 2.46. The lowest BCUT2D eigenvalue weighted by Crippen LogP contribution is -2.41. The molecule has 3 aliphatic heterocycles. The lowest BCUT2D eigenvalue weighted by atomic mass is 9.77. The van der Waals surface area contributed by atoms with Crippen LogP contribution in [0.5, 0.6) is 0 Å². The fourth-order valence-electron chi connectivity index (χ4n) is 4.72. The number of nitrogens with one attached hydrogen (secondary N) is 1. The van der Waals surface area contributed by atoms with Crippen molar-refractivity contribution in [1.82, 2.24) is 9.88 Å². The second-order valence-corrected chi connectivity index (χ2v) is 7.33. The first-order chi connectivity index (χ1) is 12.7. The minimum atomic E-state index is -0.297. The molecule has 1 aromatic heterocycles. The van der Waals surface area contributed by atoms with Crippen molar-refractivity contribution in [2.24, 2.45) is 5.92 Å². The monoisotopic (exact) mass is 350 g/mol. The van der Waals surface area contributed by atoms with E-state index in [2.05, 4.69) is 40.3 Å².